The van der Waals surface area contributed by atoms with Gasteiger partial charge in [0.15, 0.2) is 0 Å². The maximum atomic E-state index is 10.8. The molecule has 0 aliphatic heterocycles. The van der Waals surface area contributed by atoms with Gasteiger partial charge >= 0.3 is 0 Å². The monoisotopic (exact) mass is 406 g/mol. The molecule has 1 N–H and O–H groups in total. The van der Waals surface area contributed by atoms with Crippen LogP contribution in [0.4, 0.5) is 0 Å². The largest absolute Gasteiger partial charge is 0.389 e. The van der Waals surface area contributed by atoms with Crippen LogP contribution in [0, 0.1) is 0 Å². The van der Waals surface area contributed by atoms with Crippen molar-refractivity contribution in [3.05, 3.63) is 69.7 Å². The summed E-state index contributed by atoms with van der Waals surface area (Å²) >= 11 is 11.3. The van der Waals surface area contributed by atoms with Crippen molar-refractivity contribution in [1.29, 1.82) is 0 Å². The van der Waals surface area contributed by atoms with Gasteiger partial charge in [-0.15, -0.1) is 0 Å². The van der Waals surface area contributed by atoms with E-state index in [0.717, 1.165) is 17.4 Å². The van der Waals surface area contributed by atoms with E-state index in [4.69, 9.17) is 32.5 Å². The van der Waals surface area contributed by atoms with Crippen LogP contribution in [-0.4, -0.2) is 19.8 Å². The van der Waals surface area contributed by atoms with E-state index in [1.165, 1.54) is 0 Å². The van der Waals surface area contributed by atoms with Gasteiger partial charge in [0.2, 0.25) is 0 Å². The molecule has 4 nitrogen and oxygen atoms in total. The number of halogens is 2. The minimum Gasteiger partial charge on any atom is -0.389 e. The Labute approximate surface area is 160 Å². The smallest absolute Gasteiger partial charge is 0.264 e. The minimum atomic E-state index is -3.41. The maximum Gasteiger partial charge on any atom is 0.264 e. The lowest BCUT2D eigenvalue weighted by atomic mass is 10.1. The number of hydrogen-bond acceptors (Lipinski definition) is 4. The van der Waals surface area contributed by atoms with Crippen LogP contribution in [0.5, 0.6) is 0 Å². The van der Waals surface area contributed by atoms with Gasteiger partial charge in [0.25, 0.3) is 10.1 Å². The Morgan fingerprint density at radius 2 is 1.24 bits per heavy atom. The summed E-state index contributed by atoms with van der Waals surface area (Å²) in [4.78, 5) is 0. The summed E-state index contributed by atoms with van der Waals surface area (Å²) in [6.45, 7) is 3.40. The maximum absolute atomic E-state index is 10.8. The zero-order valence-electron chi connectivity index (χ0n) is 13.6. The number of aliphatic hydroxyl groups is 1. The minimum absolute atomic E-state index is 0. The van der Waals surface area contributed by atoms with E-state index in [1.54, 1.807) is 50.2 Å². The first-order valence-corrected chi connectivity index (χ1v) is 9.73. The first-order chi connectivity index (χ1) is 11.1. The van der Waals surface area contributed by atoms with E-state index in [1.807, 2.05) is 12.1 Å². The first-order valence-electron chi connectivity index (χ1n) is 7.15. The molecule has 2 rings (SSSR count). The van der Waals surface area contributed by atoms with Gasteiger partial charge in [0.05, 0.1) is 18.5 Å². The van der Waals surface area contributed by atoms with Crippen LogP contribution in [0.25, 0.3) is 0 Å². The van der Waals surface area contributed by atoms with Gasteiger partial charge in [0, 0.05) is 10.0 Å². The molecule has 7 heteroatoms. The van der Waals surface area contributed by atoms with Gasteiger partial charge in [-0.25, -0.2) is 0 Å². The molecular formula is C18H24Cl2O4S. The standard InChI is InChI=1S/C9H11ClO3S.C8H9ClO.CH4/c1-7(13-14(2,11)12)8-3-5-9(10)6-4-8;1-6(10)7-2-4-8(9)5-3-7;/h3-7H,1-2H3;2-6,10H,1H3;1H4. The highest BCUT2D eigenvalue weighted by atomic mass is 35.5. The lowest BCUT2D eigenvalue weighted by molar-refractivity contribution is 0.199. The molecule has 0 bridgehead atoms. The fraction of sp³-hybridized carbons (Fsp3) is 0.333. The van der Waals surface area contributed by atoms with Gasteiger partial charge in [-0.3, -0.25) is 4.18 Å². The molecule has 25 heavy (non-hydrogen) atoms. The summed E-state index contributed by atoms with van der Waals surface area (Å²) in [5, 5.41) is 10.4. The van der Waals surface area contributed by atoms with Gasteiger partial charge < -0.3 is 5.11 Å². The van der Waals surface area contributed by atoms with E-state index >= 15 is 0 Å². The average Bonchev–Trinajstić information content (AvgIpc) is 2.47. The molecule has 140 valence electrons. The van der Waals surface area contributed by atoms with E-state index in [9.17, 15) is 8.42 Å². The van der Waals surface area contributed by atoms with E-state index in [2.05, 4.69) is 0 Å². The second kappa shape index (κ2) is 10.8. The molecule has 0 spiro atoms. The second-order valence-corrected chi connectivity index (χ2v) is 7.70. The van der Waals surface area contributed by atoms with Crippen LogP contribution in [-0.2, 0) is 14.3 Å². The Morgan fingerprint density at radius 3 is 1.56 bits per heavy atom. The number of benzene rings is 2. The predicted octanol–water partition coefficient (Wildman–Crippen LogP) is 5.41. The van der Waals surface area contributed by atoms with Crippen molar-refractivity contribution in [3.8, 4) is 0 Å². The van der Waals surface area contributed by atoms with E-state index in [-0.39, 0.29) is 7.43 Å². The summed E-state index contributed by atoms with van der Waals surface area (Å²) in [5.41, 5.74) is 1.67. The van der Waals surface area contributed by atoms with E-state index in [0.29, 0.717) is 10.0 Å². The Morgan fingerprint density at radius 1 is 0.880 bits per heavy atom. The van der Waals surface area contributed by atoms with Crippen LogP contribution >= 0.6 is 23.2 Å². The molecule has 0 saturated carbocycles. The molecule has 0 aliphatic carbocycles. The van der Waals surface area contributed by atoms with Crippen LogP contribution in [0.15, 0.2) is 48.5 Å². The normalized spacial score (nSPS) is 13.0. The third-order valence-electron chi connectivity index (χ3n) is 3.01. The van der Waals surface area contributed by atoms with Crippen LogP contribution in [0.2, 0.25) is 10.0 Å². The summed E-state index contributed by atoms with van der Waals surface area (Å²) in [6.07, 6.45) is 0.138. The van der Waals surface area contributed by atoms with Crippen LogP contribution in [0.3, 0.4) is 0 Å². The first kappa shape index (κ1) is 23.9. The van der Waals surface area contributed by atoms with Crippen molar-refractivity contribution >= 4 is 33.3 Å². The SMILES string of the molecule is C.CC(O)c1ccc(Cl)cc1.CC(OS(C)(=O)=O)c1ccc(Cl)cc1. The molecule has 0 fully saturated rings. The summed E-state index contributed by atoms with van der Waals surface area (Å²) < 4.78 is 26.5. The topological polar surface area (TPSA) is 63.6 Å². The van der Waals surface area contributed by atoms with E-state index < -0.39 is 22.3 Å². The molecule has 0 heterocycles. The highest BCUT2D eigenvalue weighted by Gasteiger charge is 2.11. The molecule has 0 saturated heterocycles. The van der Waals surface area contributed by atoms with Gasteiger partial charge in [0.1, 0.15) is 0 Å². The van der Waals surface area contributed by atoms with Crippen LogP contribution < -0.4 is 0 Å². The molecule has 2 unspecified atom stereocenters. The lowest BCUT2D eigenvalue weighted by Gasteiger charge is -2.10. The molecule has 2 atom stereocenters. The molecule has 2 aromatic rings. The zero-order chi connectivity index (χ0) is 18.3. The summed E-state index contributed by atoms with van der Waals surface area (Å²) in [7, 11) is -3.41. The van der Waals surface area contributed by atoms with Crippen molar-refractivity contribution in [2.45, 2.75) is 33.5 Å². The van der Waals surface area contributed by atoms with Crippen molar-refractivity contribution < 1.29 is 17.7 Å². The van der Waals surface area contributed by atoms with Crippen molar-refractivity contribution in [3.63, 3.8) is 0 Å². The van der Waals surface area contributed by atoms with Gasteiger partial charge in [-0.2, -0.15) is 8.42 Å². The van der Waals surface area contributed by atoms with Gasteiger partial charge in [-0.1, -0.05) is 54.9 Å². The summed E-state index contributed by atoms with van der Waals surface area (Å²) in [6, 6.07) is 14.0. The Kier molecular flexibility index (Phi) is 10.3. The summed E-state index contributed by atoms with van der Waals surface area (Å²) in [5.74, 6) is 0. The fourth-order valence-electron chi connectivity index (χ4n) is 1.79. The number of rotatable bonds is 4. The third kappa shape index (κ3) is 9.82. The third-order valence-corrected chi connectivity index (χ3v) is 4.15. The highest BCUT2D eigenvalue weighted by molar-refractivity contribution is 7.86. The van der Waals surface area contributed by atoms with Crippen molar-refractivity contribution in [2.75, 3.05) is 6.26 Å². The number of aliphatic hydroxyl groups excluding tert-OH is 1. The zero-order valence-corrected chi connectivity index (χ0v) is 15.9. The Hall–Kier alpha value is -1.11. The highest BCUT2D eigenvalue weighted by Crippen LogP contribution is 2.20. The Balaban J connectivity index is 0.000000465. The van der Waals surface area contributed by atoms with Crippen molar-refractivity contribution in [2.24, 2.45) is 0 Å². The van der Waals surface area contributed by atoms with Gasteiger partial charge in [-0.05, 0) is 49.2 Å². The van der Waals surface area contributed by atoms with Crippen molar-refractivity contribution in [1.82, 2.24) is 0 Å². The second-order valence-electron chi connectivity index (χ2n) is 5.22. The molecule has 2 aromatic carbocycles. The molecule has 0 amide bonds. The average molecular weight is 407 g/mol. The Bertz CT molecular complexity index is 727. The van der Waals surface area contributed by atoms with Crippen LogP contribution in [0.1, 0.15) is 44.6 Å². The lowest BCUT2D eigenvalue weighted by Crippen LogP contribution is -2.07. The molecule has 0 radical (unpaired) electrons. The fourth-order valence-corrected chi connectivity index (χ4v) is 2.68. The number of hydrogen-bond donors (Lipinski definition) is 1. The quantitative estimate of drug-likeness (QED) is 0.689. The predicted molar refractivity (Wildman–Crippen MR) is 105 cm³/mol. The molecule has 0 aliphatic rings. The molecular weight excluding hydrogens is 383 g/mol. The molecule has 0 aromatic heterocycles.